The van der Waals surface area contributed by atoms with E-state index in [9.17, 15) is 9.18 Å². The Kier molecular flexibility index (Phi) is 4.30. The molecule has 1 heterocycles. The van der Waals surface area contributed by atoms with Gasteiger partial charge in [-0.05, 0) is 37.3 Å². The van der Waals surface area contributed by atoms with Gasteiger partial charge in [-0.3, -0.25) is 4.98 Å². The number of ether oxygens (including phenoxy) is 2. The molecule has 0 atom stereocenters. The third-order valence-electron chi connectivity index (χ3n) is 2.67. The highest BCUT2D eigenvalue weighted by molar-refractivity contribution is 5.92. The molecular formula is C15H14FNO3. The first-order valence-corrected chi connectivity index (χ1v) is 6.03. The van der Waals surface area contributed by atoms with Gasteiger partial charge in [0.15, 0.2) is 0 Å². The lowest BCUT2D eigenvalue weighted by Crippen LogP contribution is -2.07. The molecule has 0 saturated heterocycles. The summed E-state index contributed by atoms with van der Waals surface area (Å²) in [6, 6.07) is 9.27. The van der Waals surface area contributed by atoms with Crippen LogP contribution in [0.3, 0.4) is 0 Å². The van der Waals surface area contributed by atoms with E-state index in [1.165, 1.54) is 19.2 Å². The Labute approximate surface area is 116 Å². The van der Waals surface area contributed by atoms with Crippen molar-refractivity contribution in [2.45, 2.75) is 13.5 Å². The minimum Gasteiger partial charge on any atom is -0.486 e. The summed E-state index contributed by atoms with van der Waals surface area (Å²) in [6.07, 6.45) is 0. The van der Waals surface area contributed by atoms with Gasteiger partial charge in [-0.1, -0.05) is 6.07 Å². The number of aryl methyl sites for hydroxylation is 1. The predicted molar refractivity (Wildman–Crippen MR) is 71.0 cm³/mol. The molecule has 0 aliphatic carbocycles. The molecule has 0 spiro atoms. The van der Waals surface area contributed by atoms with Crippen LogP contribution < -0.4 is 4.74 Å². The highest BCUT2D eigenvalue weighted by Gasteiger charge is 2.14. The maximum atomic E-state index is 13.2. The van der Waals surface area contributed by atoms with Crippen LogP contribution in [0.5, 0.6) is 5.75 Å². The van der Waals surface area contributed by atoms with Gasteiger partial charge in [0.2, 0.25) is 0 Å². The van der Waals surface area contributed by atoms with E-state index in [0.29, 0.717) is 0 Å². The molecule has 2 rings (SSSR count). The lowest BCUT2D eigenvalue weighted by Gasteiger charge is -2.10. The van der Waals surface area contributed by atoms with E-state index in [2.05, 4.69) is 9.72 Å². The largest absolute Gasteiger partial charge is 0.486 e. The monoisotopic (exact) mass is 275 g/mol. The number of esters is 1. The Morgan fingerprint density at radius 2 is 2.10 bits per heavy atom. The second kappa shape index (κ2) is 6.14. The van der Waals surface area contributed by atoms with Crippen LogP contribution in [-0.4, -0.2) is 18.1 Å². The number of hydrogen-bond acceptors (Lipinski definition) is 4. The summed E-state index contributed by atoms with van der Waals surface area (Å²) in [4.78, 5) is 15.9. The van der Waals surface area contributed by atoms with Crippen molar-refractivity contribution in [3.8, 4) is 5.75 Å². The maximum Gasteiger partial charge on any atom is 0.341 e. The van der Waals surface area contributed by atoms with Crippen LogP contribution in [-0.2, 0) is 11.3 Å². The number of carbonyl (C=O) groups excluding carboxylic acids is 1. The molecule has 4 nitrogen and oxygen atoms in total. The SMILES string of the molecule is COC(=O)c1cc(F)ccc1OCc1cccc(C)n1. The summed E-state index contributed by atoms with van der Waals surface area (Å²) in [5.41, 5.74) is 1.66. The number of benzene rings is 1. The normalized spacial score (nSPS) is 10.2. The Morgan fingerprint density at radius 1 is 1.30 bits per heavy atom. The lowest BCUT2D eigenvalue weighted by atomic mass is 10.2. The molecule has 0 radical (unpaired) electrons. The fourth-order valence-corrected chi connectivity index (χ4v) is 1.73. The summed E-state index contributed by atoms with van der Waals surface area (Å²) in [5.74, 6) is -0.898. The summed E-state index contributed by atoms with van der Waals surface area (Å²) in [7, 11) is 1.24. The van der Waals surface area contributed by atoms with Gasteiger partial charge < -0.3 is 9.47 Å². The molecule has 2 aromatic rings. The number of hydrogen-bond donors (Lipinski definition) is 0. The minimum atomic E-state index is -0.642. The summed E-state index contributed by atoms with van der Waals surface area (Å²) < 4.78 is 23.3. The van der Waals surface area contributed by atoms with Crippen molar-refractivity contribution in [1.82, 2.24) is 4.98 Å². The first-order chi connectivity index (χ1) is 9.60. The Bertz CT molecular complexity index is 628. The molecule has 104 valence electrons. The van der Waals surface area contributed by atoms with Crippen LogP contribution in [0, 0.1) is 12.7 Å². The Hall–Kier alpha value is -2.43. The van der Waals surface area contributed by atoms with E-state index in [1.807, 2.05) is 25.1 Å². The van der Waals surface area contributed by atoms with Crippen LogP contribution in [0.1, 0.15) is 21.7 Å². The van der Waals surface area contributed by atoms with Crippen molar-refractivity contribution < 1.29 is 18.7 Å². The molecule has 0 aliphatic rings. The van der Waals surface area contributed by atoms with Crippen LogP contribution in [0.15, 0.2) is 36.4 Å². The maximum absolute atomic E-state index is 13.2. The summed E-state index contributed by atoms with van der Waals surface area (Å²) >= 11 is 0. The van der Waals surface area contributed by atoms with E-state index in [1.54, 1.807) is 0 Å². The molecule has 0 unspecified atom stereocenters. The van der Waals surface area contributed by atoms with Gasteiger partial charge in [0.05, 0.1) is 12.8 Å². The second-order valence-corrected chi connectivity index (χ2v) is 4.19. The van der Waals surface area contributed by atoms with E-state index in [4.69, 9.17) is 4.74 Å². The fraction of sp³-hybridized carbons (Fsp3) is 0.200. The Balaban J connectivity index is 2.19. The van der Waals surface area contributed by atoms with E-state index in [-0.39, 0.29) is 17.9 Å². The molecular weight excluding hydrogens is 261 g/mol. The average molecular weight is 275 g/mol. The highest BCUT2D eigenvalue weighted by atomic mass is 19.1. The molecule has 1 aromatic carbocycles. The van der Waals surface area contributed by atoms with Gasteiger partial charge in [0, 0.05) is 5.69 Å². The zero-order chi connectivity index (χ0) is 14.5. The van der Waals surface area contributed by atoms with E-state index >= 15 is 0 Å². The average Bonchev–Trinajstić information content (AvgIpc) is 2.45. The topological polar surface area (TPSA) is 48.4 Å². The smallest absolute Gasteiger partial charge is 0.341 e. The minimum absolute atomic E-state index is 0.0557. The van der Waals surface area contributed by atoms with E-state index < -0.39 is 11.8 Å². The number of nitrogens with zero attached hydrogens (tertiary/aromatic N) is 1. The standard InChI is InChI=1S/C15H14FNO3/c1-10-4-3-5-12(17-10)9-20-14-7-6-11(16)8-13(14)15(18)19-2/h3-8H,9H2,1-2H3. The number of aromatic nitrogens is 1. The number of carbonyl (C=O) groups is 1. The number of pyridine rings is 1. The number of halogens is 1. The van der Waals surface area contributed by atoms with Crippen molar-refractivity contribution in [2.75, 3.05) is 7.11 Å². The van der Waals surface area contributed by atoms with Gasteiger partial charge in [-0.15, -0.1) is 0 Å². The third-order valence-corrected chi connectivity index (χ3v) is 2.67. The van der Waals surface area contributed by atoms with Gasteiger partial charge >= 0.3 is 5.97 Å². The van der Waals surface area contributed by atoms with Crippen molar-refractivity contribution in [1.29, 1.82) is 0 Å². The van der Waals surface area contributed by atoms with Gasteiger partial charge in [0.25, 0.3) is 0 Å². The van der Waals surface area contributed by atoms with Crippen LogP contribution in [0.2, 0.25) is 0 Å². The first kappa shape index (κ1) is 14.0. The van der Waals surface area contributed by atoms with Gasteiger partial charge in [-0.25, -0.2) is 9.18 Å². The van der Waals surface area contributed by atoms with E-state index in [0.717, 1.165) is 17.5 Å². The summed E-state index contributed by atoms with van der Waals surface area (Å²) in [6.45, 7) is 2.07. The zero-order valence-electron chi connectivity index (χ0n) is 11.2. The van der Waals surface area contributed by atoms with Gasteiger partial charge in [-0.2, -0.15) is 0 Å². The first-order valence-electron chi connectivity index (χ1n) is 6.03. The molecule has 0 N–H and O–H groups in total. The lowest BCUT2D eigenvalue weighted by molar-refractivity contribution is 0.0595. The second-order valence-electron chi connectivity index (χ2n) is 4.19. The highest BCUT2D eigenvalue weighted by Crippen LogP contribution is 2.21. The quantitative estimate of drug-likeness (QED) is 0.805. The number of methoxy groups -OCH3 is 1. The van der Waals surface area contributed by atoms with Crippen molar-refractivity contribution in [2.24, 2.45) is 0 Å². The molecule has 5 heteroatoms. The number of rotatable bonds is 4. The molecule has 0 aliphatic heterocycles. The summed E-state index contributed by atoms with van der Waals surface area (Å²) in [5, 5.41) is 0. The van der Waals surface area contributed by atoms with Crippen molar-refractivity contribution in [3.63, 3.8) is 0 Å². The molecule has 20 heavy (non-hydrogen) atoms. The van der Waals surface area contributed by atoms with Crippen LogP contribution in [0.25, 0.3) is 0 Å². The molecule has 0 amide bonds. The van der Waals surface area contributed by atoms with Crippen LogP contribution >= 0.6 is 0 Å². The van der Waals surface area contributed by atoms with Crippen molar-refractivity contribution in [3.05, 3.63) is 59.2 Å². The zero-order valence-corrected chi connectivity index (χ0v) is 11.2. The Morgan fingerprint density at radius 3 is 2.80 bits per heavy atom. The predicted octanol–water partition coefficient (Wildman–Crippen LogP) is 2.89. The van der Waals surface area contributed by atoms with Crippen molar-refractivity contribution >= 4 is 5.97 Å². The van der Waals surface area contributed by atoms with Crippen LogP contribution in [0.4, 0.5) is 4.39 Å². The molecule has 0 fully saturated rings. The molecule has 0 saturated carbocycles. The molecule has 1 aromatic heterocycles. The third kappa shape index (κ3) is 3.32. The molecule has 0 bridgehead atoms. The fourth-order valence-electron chi connectivity index (χ4n) is 1.73. The van der Waals surface area contributed by atoms with Gasteiger partial charge in [0.1, 0.15) is 23.7 Å².